The molecule has 63 valence electrons. The molecule has 0 saturated carbocycles. The van der Waals surface area contributed by atoms with Gasteiger partial charge in [-0.25, -0.2) is 0 Å². The van der Waals surface area contributed by atoms with E-state index in [0.29, 0.717) is 5.56 Å². The number of hydrogen-bond acceptors (Lipinski definition) is 2. The monoisotopic (exact) mass is 185 g/mol. The Morgan fingerprint density at radius 3 is 2.15 bits per heavy atom. The van der Waals surface area contributed by atoms with Crippen LogP contribution >= 0.6 is 0 Å². The average molecular weight is 185 g/mol. The summed E-state index contributed by atoms with van der Waals surface area (Å²) in [5, 5.41) is 0. The maximum absolute atomic E-state index is 11.2. The van der Waals surface area contributed by atoms with Crippen molar-refractivity contribution in [1.82, 2.24) is 0 Å². The number of carbonyl (C=O) groups excluding carboxylic acids is 2. The third-order valence-corrected chi connectivity index (χ3v) is 1.51. The molecule has 0 N–H and O–H groups in total. The van der Waals surface area contributed by atoms with Crippen LogP contribution in [0.2, 0.25) is 0 Å². The van der Waals surface area contributed by atoms with Gasteiger partial charge in [0.25, 0.3) is 0 Å². The molecule has 1 aromatic rings. The zero-order valence-corrected chi connectivity index (χ0v) is 9.91. The molecule has 2 nitrogen and oxygen atoms in total. The maximum atomic E-state index is 11.2. The minimum absolute atomic E-state index is 0. The van der Waals surface area contributed by atoms with Gasteiger partial charge in [0, 0.05) is 35.1 Å². The van der Waals surface area contributed by atoms with Crippen LogP contribution in [0.1, 0.15) is 23.7 Å². The molecule has 0 unspecified atom stereocenters. The van der Waals surface area contributed by atoms with E-state index in [9.17, 15) is 9.59 Å². The number of rotatable bonds is 3. The summed E-state index contributed by atoms with van der Waals surface area (Å²) >= 11 is 0. The molecular weight excluding hydrogens is 175 g/mol. The zero-order valence-electron chi connectivity index (χ0n) is 7.91. The fourth-order valence-electron chi connectivity index (χ4n) is 0.952. The molecule has 0 aromatic heterocycles. The van der Waals surface area contributed by atoms with E-state index >= 15 is 0 Å². The van der Waals surface area contributed by atoms with E-state index < -0.39 is 0 Å². The van der Waals surface area contributed by atoms with E-state index in [-0.39, 0.29) is 47.5 Å². The van der Waals surface area contributed by atoms with E-state index in [0.717, 1.165) is 0 Å². The van der Waals surface area contributed by atoms with Crippen LogP contribution in [0.15, 0.2) is 30.3 Å². The molecule has 1 rings (SSSR count). The summed E-state index contributed by atoms with van der Waals surface area (Å²) in [5.41, 5.74) is 0.604. The Morgan fingerprint density at radius 1 is 1.15 bits per heavy atom. The second kappa shape index (κ2) is 6.08. The van der Waals surface area contributed by atoms with Crippen molar-refractivity contribution in [2.24, 2.45) is 0 Å². The van der Waals surface area contributed by atoms with Gasteiger partial charge >= 0.3 is 0 Å². The summed E-state index contributed by atoms with van der Waals surface area (Å²) in [6.07, 6.45) is 0.00398. The van der Waals surface area contributed by atoms with Gasteiger partial charge in [0.1, 0.15) is 5.78 Å². The van der Waals surface area contributed by atoms with Crippen molar-refractivity contribution in [1.29, 1.82) is 0 Å². The second-order valence-electron chi connectivity index (χ2n) is 2.67. The first-order chi connectivity index (χ1) is 5.70. The van der Waals surface area contributed by atoms with Crippen molar-refractivity contribution < 1.29 is 9.59 Å². The summed E-state index contributed by atoms with van der Waals surface area (Å²) < 4.78 is 0. The van der Waals surface area contributed by atoms with Crippen molar-refractivity contribution >= 4 is 41.1 Å². The van der Waals surface area contributed by atoms with Gasteiger partial charge in [-0.3, -0.25) is 9.59 Å². The number of benzene rings is 1. The Labute approximate surface area is 99.6 Å². The van der Waals surface area contributed by atoms with Crippen LogP contribution in [0.5, 0.6) is 0 Å². The number of carbonyl (C=O) groups is 2. The van der Waals surface area contributed by atoms with E-state index in [2.05, 4.69) is 0 Å². The average Bonchev–Trinajstić information content (AvgIpc) is 2.05. The summed E-state index contributed by atoms with van der Waals surface area (Å²) in [5.74, 6) is -0.202. The predicted molar refractivity (Wildman–Crippen MR) is 51.8 cm³/mol. The molecule has 0 heterocycles. The Balaban J connectivity index is 0.00000144. The van der Waals surface area contributed by atoms with Crippen molar-refractivity contribution in [2.75, 3.05) is 0 Å². The minimum atomic E-state index is -0.108. The molecule has 0 bridgehead atoms. The van der Waals surface area contributed by atoms with Crippen LogP contribution in [-0.2, 0) is 4.79 Å². The number of ketones is 2. The molecule has 3 heteroatoms. The largest absolute Gasteiger partial charge is 0.300 e. The first-order valence-corrected chi connectivity index (χ1v) is 3.78. The van der Waals surface area contributed by atoms with Crippen molar-refractivity contribution in [3.05, 3.63) is 35.9 Å². The molecule has 0 saturated heterocycles. The molecule has 0 atom stereocenters. The quantitative estimate of drug-likeness (QED) is 0.406. The summed E-state index contributed by atoms with van der Waals surface area (Å²) in [7, 11) is 0. The van der Waals surface area contributed by atoms with Crippen LogP contribution < -0.4 is 0 Å². The van der Waals surface area contributed by atoms with E-state index in [1.807, 2.05) is 6.07 Å². The SMILES string of the molecule is CC(=O)CC(=O)c1ccccc1.[Na]. The molecule has 0 fully saturated rings. The fourth-order valence-corrected chi connectivity index (χ4v) is 0.952. The van der Waals surface area contributed by atoms with Crippen LogP contribution in [0.4, 0.5) is 0 Å². The smallest absolute Gasteiger partial charge is 0.170 e. The van der Waals surface area contributed by atoms with Crippen molar-refractivity contribution in [3.8, 4) is 0 Å². The van der Waals surface area contributed by atoms with Crippen LogP contribution in [0, 0.1) is 0 Å². The zero-order chi connectivity index (χ0) is 8.97. The molecule has 0 spiro atoms. The van der Waals surface area contributed by atoms with Crippen LogP contribution in [-0.4, -0.2) is 41.1 Å². The molecule has 0 aliphatic heterocycles. The summed E-state index contributed by atoms with van der Waals surface area (Å²) in [4.78, 5) is 21.8. The van der Waals surface area contributed by atoms with E-state index in [4.69, 9.17) is 0 Å². The Hall–Kier alpha value is -0.440. The van der Waals surface area contributed by atoms with Gasteiger partial charge in [-0.15, -0.1) is 0 Å². The molecule has 0 amide bonds. The van der Waals surface area contributed by atoms with Gasteiger partial charge in [-0.2, -0.15) is 0 Å². The van der Waals surface area contributed by atoms with Gasteiger partial charge < -0.3 is 0 Å². The Morgan fingerprint density at radius 2 is 1.69 bits per heavy atom. The van der Waals surface area contributed by atoms with Gasteiger partial charge in [0.05, 0.1) is 6.42 Å². The minimum Gasteiger partial charge on any atom is -0.300 e. The Bertz CT molecular complexity index is 293. The number of Topliss-reactive ketones (excluding diaryl/α,β-unsaturated/α-hetero) is 2. The second-order valence-corrected chi connectivity index (χ2v) is 2.67. The molecule has 1 radical (unpaired) electrons. The van der Waals surface area contributed by atoms with E-state index in [1.165, 1.54) is 6.92 Å². The molecule has 0 aliphatic rings. The van der Waals surface area contributed by atoms with Gasteiger partial charge in [-0.05, 0) is 6.92 Å². The van der Waals surface area contributed by atoms with Crippen molar-refractivity contribution in [2.45, 2.75) is 13.3 Å². The van der Waals surface area contributed by atoms with E-state index in [1.54, 1.807) is 24.3 Å². The van der Waals surface area contributed by atoms with Crippen molar-refractivity contribution in [3.63, 3.8) is 0 Å². The standard InChI is InChI=1S/C10H10O2.Na/c1-8(11)7-10(12)9-5-3-2-4-6-9;/h2-6H,7H2,1H3;. The summed E-state index contributed by atoms with van der Waals surface area (Å²) in [6, 6.07) is 8.84. The predicted octanol–water partition coefficient (Wildman–Crippen LogP) is 1.47. The first kappa shape index (κ1) is 12.6. The fraction of sp³-hybridized carbons (Fsp3) is 0.200. The normalized spacial score (nSPS) is 8.69. The van der Waals surface area contributed by atoms with Crippen LogP contribution in [0.25, 0.3) is 0 Å². The molecule has 0 aliphatic carbocycles. The number of hydrogen-bond donors (Lipinski definition) is 0. The van der Waals surface area contributed by atoms with Gasteiger partial charge in [0.2, 0.25) is 0 Å². The first-order valence-electron chi connectivity index (χ1n) is 3.78. The van der Waals surface area contributed by atoms with Gasteiger partial charge in [-0.1, -0.05) is 30.3 Å². The maximum Gasteiger partial charge on any atom is 0.170 e. The molecule has 13 heavy (non-hydrogen) atoms. The third kappa shape index (κ3) is 4.36. The van der Waals surface area contributed by atoms with Gasteiger partial charge in [0.15, 0.2) is 5.78 Å². The molecular formula is C10H10NaO2. The topological polar surface area (TPSA) is 34.1 Å². The Kier molecular flexibility index (Phi) is 5.88. The molecule has 1 aromatic carbocycles. The summed E-state index contributed by atoms with van der Waals surface area (Å²) in [6.45, 7) is 1.42. The van der Waals surface area contributed by atoms with Crippen LogP contribution in [0.3, 0.4) is 0 Å². The third-order valence-electron chi connectivity index (χ3n) is 1.51.